The third-order valence-electron chi connectivity index (χ3n) is 3.48. The normalized spacial score (nSPS) is 10.6. The Morgan fingerprint density at radius 1 is 1.17 bits per heavy atom. The third-order valence-corrected chi connectivity index (χ3v) is 3.48. The number of carbonyl (C=O) groups excluding carboxylic acids is 1. The summed E-state index contributed by atoms with van der Waals surface area (Å²) in [5.41, 5.74) is 3.18. The fourth-order valence-electron chi connectivity index (χ4n) is 2.23. The van der Waals surface area contributed by atoms with E-state index in [1.54, 1.807) is 7.11 Å². The Morgan fingerprint density at radius 3 is 2.71 bits per heavy atom. The molecule has 2 aromatic rings. The maximum absolute atomic E-state index is 11.6. The van der Waals surface area contributed by atoms with Gasteiger partial charge < -0.3 is 14.8 Å². The summed E-state index contributed by atoms with van der Waals surface area (Å²) in [4.78, 5) is 11.6. The number of rotatable bonds is 7. The van der Waals surface area contributed by atoms with Crippen LogP contribution >= 0.6 is 0 Å². The van der Waals surface area contributed by atoms with Crippen LogP contribution in [0.2, 0.25) is 0 Å². The maximum Gasteiger partial charge on any atom is 0.407 e. The summed E-state index contributed by atoms with van der Waals surface area (Å²) in [5, 5.41) is 2.74. The number of alkyl carbamates (subject to hydrolysis) is 1. The topological polar surface area (TPSA) is 47.6 Å². The van der Waals surface area contributed by atoms with Crippen molar-refractivity contribution in [3.8, 4) is 5.75 Å². The standard InChI is InChI=1S/C20H23NO3/c1-16-11-12-19(23-2)18(14-16)10-6-7-13-21-20(22)24-15-17-8-4-3-5-9-17/h3-6,8-12,14H,7,13,15H2,1-2H3,(H,21,22). The van der Waals surface area contributed by atoms with Crippen molar-refractivity contribution in [1.82, 2.24) is 5.32 Å². The average molecular weight is 325 g/mol. The summed E-state index contributed by atoms with van der Waals surface area (Å²) in [6.07, 6.45) is 4.33. The second kappa shape index (κ2) is 9.40. The van der Waals surface area contributed by atoms with Gasteiger partial charge in [0.15, 0.2) is 0 Å². The van der Waals surface area contributed by atoms with Crippen LogP contribution in [0.25, 0.3) is 6.08 Å². The minimum atomic E-state index is -0.402. The number of amides is 1. The number of benzene rings is 2. The Balaban J connectivity index is 1.70. The molecule has 24 heavy (non-hydrogen) atoms. The lowest BCUT2D eigenvalue weighted by atomic mass is 10.1. The van der Waals surface area contributed by atoms with Gasteiger partial charge in [0.25, 0.3) is 0 Å². The summed E-state index contributed by atoms with van der Waals surface area (Å²) in [7, 11) is 1.66. The molecule has 4 heteroatoms. The average Bonchev–Trinajstić information content (AvgIpc) is 2.61. The van der Waals surface area contributed by atoms with E-state index in [0.717, 1.165) is 23.3 Å². The first kappa shape index (κ1) is 17.6. The van der Waals surface area contributed by atoms with Crippen LogP contribution in [0.15, 0.2) is 54.6 Å². The monoisotopic (exact) mass is 325 g/mol. The molecule has 0 bridgehead atoms. The van der Waals surface area contributed by atoms with Crippen LogP contribution in [0.4, 0.5) is 4.79 Å². The van der Waals surface area contributed by atoms with E-state index < -0.39 is 6.09 Å². The molecule has 0 atom stereocenters. The molecule has 0 saturated carbocycles. The number of aryl methyl sites for hydroxylation is 1. The molecule has 0 aliphatic carbocycles. The minimum Gasteiger partial charge on any atom is -0.496 e. The fraction of sp³-hybridized carbons (Fsp3) is 0.250. The van der Waals surface area contributed by atoms with Gasteiger partial charge in [-0.1, -0.05) is 54.1 Å². The van der Waals surface area contributed by atoms with Gasteiger partial charge in [0.05, 0.1) is 7.11 Å². The highest BCUT2D eigenvalue weighted by Crippen LogP contribution is 2.21. The smallest absolute Gasteiger partial charge is 0.407 e. The van der Waals surface area contributed by atoms with Crippen molar-refractivity contribution >= 4 is 12.2 Å². The molecule has 1 N–H and O–H groups in total. The van der Waals surface area contributed by atoms with Crippen LogP contribution in [0.3, 0.4) is 0 Å². The molecule has 0 fully saturated rings. The van der Waals surface area contributed by atoms with Crippen LogP contribution < -0.4 is 10.1 Å². The van der Waals surface area contributed by atoms with Gasteiger partial charge in [0, 0.05) is 12.1 Å². The van der Waals surface area contributed by atoms with Gasteiger partial charge in [-0.25, -0.2) is 4.79 Å². The van der Waals surface area contributed by atoms with Crippen LogP contribution in [0, 0.1) is 6.92 Å². The number of nitrogens with one attached hydrogen (secondary N) is 1. The number of carbonyl (C=O) groups is 1. The minimum absolute atomic E-state index is 0.281. The third kappa shape index (κ3) is 5.80. The van der Waals surface area contributed by atoms with Crippen molar-refractivity contribution in [3.05, 3.63) is 71.3 Å². The highest BCUT2D eigenvalue weighted by atomic mass is 16.5. The van der Waals surface area contributed by atoms with E-state index in [1.165, 1.54) is 5.56 Å². The summed E-state index contributed by atoms with van der Waals surface area (Å²) >= 11 is 0. The van der Waals surface area contributed by atoms with Gasteiger partial charge in [0.2, 0.25) is 0 Å². The molecule has 0 aliphatic heterocycles. The Kier molecular flexibility index (Phi) is 6.90. The van der Waals surface area contributed by atoms with E-state index in [0.29, 0.717) is 6.54 Å². The maximum atomic E-state index is 11.6. The van der Waals surface area contributed by atoms with Crippen molar-refractivity contribution in [2.75, 3.05) is 13.7 Å². The molecule has 4 nitrogen and oxygen atoms in total. The zero-order valence-electron chi connectivity index (χ0n) is 14.1. The highest BCUT2D eigenvalue weighted by Gasteiger charge is 2.01. The quantitative estimate of drug-likeness (QED) is 0.771. The zero-order chi connectivity index (χ0) is 17.2. The predicted molar refractivity (Wildman–Crippen MR) is 96.0 cm³/mol. The molecule has 0 unspecified atom stereocenters. The molecule has 1 amide bonds. The number of hydrogen-bond acceptors (Lipinski definition) is 3. The molecule has 0 aromatic heterocycles. The first-order valence-electron chi connectivity index (χ1n) is 7.95. The Hall–Kier alpha value is -2.75. The largest absolute Gasteiger partial charge is 0.496 e. The SMILES string of the molecule is COc1ccc(C)cc1C=CCCNC(=O)OCc1ccccc1. The summed E-state index contributed by atoms with van der Waals surface area (Å²) < 4.78 is 10.5. The van der Waals surface area contributed by atoms with Crippen LogP contribution in [0.1, 0.15) is 23.1 Å². The fourth-order valence-corrected chi connectivity index (χ4v) is 2.23. The molecule has 0 heterocycles. The molecular formula is C20H23NO3. The number of hydrogen-bond donors (Lipinski definition) is 1. The number of methoxy groups -OCH3 is 1. The molecule has 0 saturated heterocycles. The van der Waals surface area contributed by atoms with Crippen LogP contribution in [0.5, 0.6) is 5.75 Å². The van der Waals surface area contributed by atoms with Gasteiger partial charge in [-0.2, -0.15) is 0 Å². The Labute approximate surface area is 143 Å². The van der Waals surface area contributed by atoms with E-state index in [2.05, 4.69) is 11.4 Å². The van der Waals surface area contributed by atoms with E-state index in [-0.39, 0.29) is 6.61 Å². The predicted octanol–water partition coefficient (Wildman–Crippen LogP) is 4.33. The zero-order valence-corrected chi connectivity index (χ0v) is 14.1. The van der Waals surface area contributed by atoms with Crippen molar-refractivity contribution < 1.29 is 14.3 Å². The summed E-state index contributed by atoms with van der Waals surface area (Å²) in [6.45, 7) is 2.85. The molecule has 2 rings (SSSR count). The van der Waals surface area contributed by atoms with Gasteiger partial charge in [-0.3, -0.25) is 0 Å². The van der Waals surface area contributed by atoms with Crippen molar-refractivity contribution in [2.24, 2.45) is 0 Å². The van der Waals surface area contributed by atoms with E-state index in [1.807, 2.05) is 61.5 Å². The lowest BCUT2D eigenvalue weighted by Gasteiger charge is -2.07. The summed E-state index contributed by atoms with van der Waals surface area (Å²) in [6, 6.07) is 15.6. The highest BCUT2D eigenvalue weighted by molar-refractivity contribution is 5.67. The Bertz CT molecular complexity index is 681. The lowest BCUT2D eigenvalue weighted by Crippen LogP contribution is -2.24. The van der Waals surface area contributed by atoms with Crippen LogP contribution in [-0.4, -0.2) is 19.7 Å². The van der Waals surface area contributed by atoms with E-state index in [9.17, 15) is 4.79 Å². The lowest BCUT2D eigenvalue weighted by molar-refractivity contribution is 0.140. The second-order valence-corrected chi connectivity index (χ2v) is 5.42. The van der Waals surface area contributed by atoms with E-state index in [4.69, 9.17) is 9.47 Å². The second-order valence-electron chi connectivity index (χ2n) is 5.42. The van der Waals surface area contributed by atoms with Gasteiger partial charge in [0.1, 0.15) is 12.4 Å². The van der Waals surface area contributed by atoms with Gasteiger partial charge in [-0.05, 0) is 31.0 Å². The van der Waals surface area contributed by atoms with Crippen molar-refractivity contribution in [3.63, 3.8) is 0 Å². The van der Waals surface area contributed by atoms with Crippen LogP contribution in [-0.2, 0) is 11.3 Å². The first-order chi connectivity index (χ1) is 11.7. The number of ether oxygens (including phenoxy) is 2. The van der Waals surface area contributed by atoms with Crippen molar-refractivity contribution in [1.29, 1.82) is 0 Å². The summed E-state index contributed by atoms with van der Waals surface area (Å²) in [5.74, 6) is 0.840. The molecule has 0 spiro atoms. The molecular weight excluding hydrogens is 302 g/mol. The molecule has 126 valence electrons. The van der Waals surface area contributed by atoms with Crippen molar-refractivity contribution in [2.45, 2.75) is 20.0 Å². The molecule has 0 radical (unpaired) electrons. The van der Waals surface area contributed by atoms with Gasteiger partial charge >= 0.3 is 6.09 Å². The first-order valence-corrected chi connectivity index (χ1v) is 7.95. The molecule has 0 aliphatic rings. The molecule has 2 aromatic carbocycles. The Morgan fingerprint density at radius 2 is 1.96 bits per heavy atom. The van der Waals surface area contributed by atoms with Gasteiger partial charge in [-0.15, -0.1) is 0 Å². The van der Waals surface area contributed by atoms with E-state index >= 15 is 0 Å².